The van der Waals surface area contributed by atoms with Crippen molar-refractivity contribution in [3.8, 4) is 11.8 Å². The number of nitrogens with one attached hydrogen (secondary N) is 1. The van der Waals surface area contributed by atoms with Crippen molar-refractivity contribution in [2.45, 2.75) is 43.4 Å². The third kappa shape index (κ3) is 6.27. The fourth-order valence-electron chi connectivity index (χ4n) is 5.38. The normalized spacial score (nSPS) is 17.9. The van der Waals surface area contributed by atoms with E-state index in [1.807, 2.05) is 24.5 Å². The van der Waals surface area contributed by atoms with Crippen molar-refractivity contribution in [3.05, 3.63) is 76.1 Å². The standard InChI is InChI=1S/C31H33N7O2S/c1-37-15-16-40-27(20-37)22-9-11-25(12-10-22)35-31-34-18-24-17-23(8-7-21-5-3-4-6-21)30(39)38(28(24)36-31)19-26-29(41-2)33-14-13-32-26/h9-14,17-18,21,27H,3-6,15-16,19-20H2,1-2H3,(H,34,35,36). The van der Waals surface area contributed by atoms with Gasteiger partial charge in [0, 0.05) is 48.7 Å². The fourth-order valence-corrected chi connectivity index (χ4v) is 5.90. The van der Waals surface area contributed by atoms with Crippen LogP contribution in [0.3, 0.4) is 0 Å². The van der Waals surface area contributed by atoms with Gasteiger partial charge in [0.15, 0.2) is 0 Å². The van der Waals surface area contributed by atoms with Crippen molar-refractivity contribution < 1.29 is 4.74 Å². The number of morpholine rings is 1. The zero-order chi connectivity index (χ0) is 28.2. The van der Waals surface area contributed by atoms with E-state index in [2.05, 4.69) is 56.2 Å². The number of thioether (sulfide) groups is 1. The maximum absolute atomic E-state index is 13.8. The summed E-state index contributed by atoms with van der Waals surface area (Å²) in [6.07, 6.45) is 11.6. The highest BCUT2D eigenvalue weighted by Gasteiger charge is 2.20. The SMILES string of the molecule is CSc1nccnc1Cn1c(=O)c(C#CC2CCCC2)cc2cnc(Nc3ccc(C4CN(C)CCO4)cc3)nc21. The van der Waals surface area contributed by atoms with Gasteiger partial charge >= 0.3 is 0 Å². The highest BCUT2D eigenvalue weighted by atomic mass is 32.2. The third-order valence-electron chi connectivity index (χ3n) is 7.64. The molecule has 1 N–H and O–H groups in total. The Bertz CT molecular complexity index is 1660. The number of anilines is 2. The van der Waals surface area contributed by atoms with Gasteiger partial charge < -0.3 is 15.0 Å². The monoisotopic (exact) mass is 567 g/mol. The Hall–Kier alpha value is -3.78. The number of hydrogen-bond donors (Lipinski definition) is 1. The van der Waals surface area contributed by atoms with E-state index in [-0.39, 0.29) is 18.2 Å². The van der Waals surface area contributed by atoms with Gasteiger partial charge in [-0.2, -0.15) is 4.98 Å². The topological polar surface area (TPSA) is 98.1 Å². The first-order valence-electron chi connectivity index (χ1n) is 14.0. The summed E-state index contributed by atoms with van der Waals surface area (Å²) in [5, 5.41) is 4.81. The number of rotatable bonds is 6. The van der Waals surface area contributed by atoms with Crippen LogP contribution >= 0.6 is 11.8 Å². The Morgan fingerprint density at radius 3 is 2.71 bits per heavy atom. The molecule has 0 spiro atoms. The van der Waals surface area contributed by atoms with Crippen molar-refractivity contribution in [1.82, 2.24) is 29.4 Å². The molecule has 3 aromatic heterocycles. The third-order valence-corrected chi connectivity index (χ3v) is 8.37. The van der Waals surface area contributed by atoms with Crippen LogP contribution < -0.4 is 10.9 Å². The molecule has 0 amide bonds. The van der Waals surface area contributed by atoms with Crippen LogP contribution in [0.4, 0.5) is 11.6 Å². The number of aromatic nitrogens is 5. The number of benzene rings is 1. The predicted octanol–water partition coefficient (Wildman–Crippen LogP) is 4.64. The zero-order valence-electron chi connectivity index (χ0n) is 23.3. The zero-order valence-corrected chi connectivity index (χ0v) is 24.2. The fraction of sp³-hybridized carbons (Fsp3) is 0.387. The van der Waals surface area contributed by atoms with Gasteiger partial charge in [-0.1, -0.05) is 36.8 Å². The average molecular weight is 568 g/mol. The van der Waals surface area contributed by atoms with Gasteiger partial charge in [0.1, 0.15) is 10.7 Å². The second-order valence-corrected chi connectivity index (χ2v) is 11.3. The molecule has 2 fully saturated rings. The predicted molar refractivity (Wildman–Crippen MR) is 161 cm³/mol. The molecular weight excluding hydrogens is 534 g/mol. The molecule has 6 rings (SSSR count). The highest BCUT2D eigenvalue weighted by molar-refractivity contribution is 7.98. The molecule has 1 atom stereocenters. The van der Waals surface area contributed by atoms with Gasteiger partial charge in [0.25, 0.3) is 5.56 Å². The Morgan fingerprint density at radius 1 is 1.12 bits per heavy atom. The second kappa shape index (κ2) is 12.4. The van der Waals surface area contributed by atoms with Gasteiger partial charge in [0.05, 0.1) is 30.5 Å². The molecule has 1 unspecified atom stereocenters. The van der Waals surface area contributed by atoms with Crippen LogP contribution in [0.25, 0.3) is 11.0 Å². The summed E-state index contributed by atoms with van der Waals surface area (Å²) in [6, 6.07) is 9.94. The molecule has 9 nitrogen and oxygen atoms in total. The lowest BCUT2D eigenvalue weighted by atomic mass is 10.1. The molecule has 210 valence electrons. The smallest absolute Gasteiger partial charge is 0.268 e. The molecule has 1 saturated carbocycles. The molecule has 0 bridgehead atoms. The van der Waals surface area contributed by atoms with Crippen molar-refractivity contribution in [2.24, 2.45) is 5.92 Å². The molecular formula is C31H33N7O2S. The van der Waals surface area contributed by atoms with E-state index in [1.165, 1.54) is 24.6 Å². The van der Waals surface area contributed by atoms with Crippen LogP contribution in [0.5, 0.6) is 0 Å². The summed E-state index contributed by atoms with van der Waals surface area (Å²) in [6.45, 7) is 2.79. The number of fused-ring (bicyclic) bond motifs is 1. The lowest BCUT2D eigenvalue weighted by Gasteiger charge is -2.30. The van der Waals surface area contributed by atoms with Gasteiger partial charge in [-0.25, -0.2) is 9.97 Å². The van der Waals surface area contributed by atoms with Crippen molar-refractivity contribution >= 4 is 34.4 Å². The maximum atomic E-state index is 13.8. The lowest BCUT2D eigenvalue weighted by molar-refractivity contribution is -0.0208. The van der Waals surface area contributed by atoms with E-state index < -0.39 is 0 Å². The van der Waals surface area contributed by atoms with Crippen molar-refractivity contribution in [3.63, 3.8) is 0 Å². The van der Waals surface area contributed by atoms with Gasteiger partial charge in [-0.05, 0) is 49.9 Å². The van der Waals surface area contributed by atoms with Crippen molar-refractivity contribution in [2.75, 3.05) is 38.3 Å². The Morgan fingerprint density at radius 2 is 1.93 bits per heavy atom. The Labute approximate surface area is 243 Å². The van der Waals surface area contributed by atoms with E-state index in [0.717, 1.165) is 54.2 Å². The van der Waals surface area contributed by atoms with Crippen molar-refractivity contribution in [1.29, 1.82) is 0 Å². The van der Waals surface area contributed by atoms with Crippen LogP contribution in [0.2, 0.25) is 0 Å². The quantitative estimate of drug-likeness (QED) is 0.264. The average Bonchev–Trinajstić information content (AvgIpc) is 3.52. The molecule has 41 heavy (non-hydrogen) atoms. The van der Waals surface area contributed by atoms with Crippen LogP contribution in [0.15, 0.2) is 58.7 Å². The van der Waals surface area contributed by atoms with Crippen LogP contribution in [0, 0.1) is 17.8 Å². The summed E-state index contributed by atoms with van der Waals surface area (Å²) >= 11 is 1.50. The summed E-state index contributed by atoms with van der Waals surface area (Å²) in [4.78, 5) is 34.4. The minimum absolute atomic E-state index is 0.0624. The lowest BCUT2D eigenvalue weighted by Crippen LogP contribution is -2.35. The molecule has 1 aliphatic heterocycles. The van der Waals surface area contributed by atoms with Gasteiger partial charge in [-0.15, -0.1) is 11.8 Å². The first-order valence-corrected chi connectivity index (χ1v) is 15.2. The Balaban J connectivity index is 1.34. The van der Waals surface area contributed by atoms with E-state index in [9.17, 15) is 4.79 Å². The van der Waals surface area contributed by atoms with E-state index in [4.69, 9.17) is 9.72 Å². The van der Waals surface area contributed by atoms with E-state index >= 15 is 0 Å². The Kier molecular flexibility index (Phi) is 8.28. The summed E-state index contributed by atoms with van der Waals surface area (Å²) < 4.78 is 7.59. The molecule has 1 aliphatic carbocycles. The molecule has 1 saturated heterocycles. The first kappa shape index (κ1) is 27.4. The van der Waals surface area contributed by atoms with Gasteiger partial charge in [0.2, 0.25) is 5.95 Å². The van der Waals surface area contributed by atoms with Gasteiger partial charge in [-0.3, -0.25) is 14.3 Å². The van der Waals surface area contributed by atoms with E-state index in [0.29, 0.717) is 28.8 Å². The minimum Gasteiger partial charge on any atom is -0.371 e. The number of hydrogen-bond acceptors (Lipinski definition) is 9. The molecule has 2 aliphatic rings. The number of nitrogens with zero attached hydrogens (tertiary/aromatic N) is 6. The molecule has 0 radical (unpaired) electrons. The first-order chi connectivity index (χ1) is 20.1. The highest BCUT2D eigenvalue weighted by Crippen LogP contribution is 2.26. The minimum atomic E-state index is -0.188. The van der Waals surface area contributed by atoms with E-state index in [1.54, 1.807) is 23.2 Å². The number of likely N-dealkylation sites (N-methyl/N-ethyl adjacent to an activating group) is 1. The van der Waals surface area contributed by atoms with Crippen LogP contribution in [-0.4, -0.2) is 62.4 Å². The summed E-state index contributed by atoms with van der Waals surface area (Å²) in [5.41, 5.74) is 3.48. The molecule has 4 heterocycles. The van der Waals surface area contributed by atoms with Crippen LogP contribution in [-0.2, 0) is 11.3 Å². The number of pyridine rings is 1. The largest absolute Gasteiger partial charge is 0.371 e. The maximum Gasteiger partial charge on any atom is 0.268 e. The molecule has 1 aromatic carbocycles. The second-order valence-electron chi connectivity index (χ2n) is 10.6. The van der Waals surface area contributed by atoms with Crippen LogP contribution in [0.1, 0.15) is 48.6 Å². The molecule has 10 heteroatoms. The summed E-state index contributed by atoms with van der Waals surface area (Å²) in [5.74, 6) is 7.27. The molecule has 4 aromatic rings. The number of ether oxygens (including phenoxy) is 1. The summed E-state index contributed by atoms with van der Waals surface area (Å²) in [7, 11) is 2.11.